The van der Waals surface area contributed by atoms with E-state index in [4.69, 9.17) is 16.3 Å². The Morgan fingerprint density at radius 3 is 2.52 bits per heavy atom. The van der Waals surface area contributed by atoms with Crippen LogP contribution >= 0.6 is 11.6 Å². The number of nitrogens with one attached hydrogen (secondary N) is 1. The van der Waals surface area contributed by atoms with Crippen LogP contribution in [0.1, 0.15) is 29.6 Å². The first-order valence-electron chi connectivity index (χ1n) is 8.67. The molecule has 1 N–H and O–H groups in total. The lowest BCUT2D eigenvalue weighted by Crippen LogP contribution is -2.35. The number of methoxy groups -OCH3 is 1. The average Bonchev–Trinajstić information content (AvgIpc) is 2.70. The van der Waals surface area contributed by atoms with E-state index in [1.807, 2.05) is 0 Å². The Morgan fingerprint density at radius 1 is 1.11 bits per heavy atom. The summed E-state index contributed by atoms with van der Waals surface area (Å²) in [5.41, 5.74) is 0.673. The molecule has 0 saturated carbocycles. The zero-order chi connectivity index (χ0) is 19.4. The molecule has 1 aliphatic heterocycles. The first-order chi connectivity index (χ1) is 12.9. The Labute approximate surface area is 164 Å². The van der Waals surface area contributed by atoms with Crippen LogP contribution in [0, 0.1) is 0 Å². The van der Waals surface area contributed by atoms with E-state index in [0.29, 0.717) is 29.5 Å². The van der Waals surface area contributed by atoms with E-state index in [9.17, 15) is 13.2 Å². The predicted molar refractivity (Wildman–Crippen MR) is 105 cm³/mol. The van der Waals surface area contributed by atoms with E-state index in [2.05, 4.69) is 5.32 Å². The number of nitrogens with zero attached hydrogens (tertiary/aromatic N) is 1. The molecule has 2 aromatic carbocycles. The highest BCUT2D eigenvalue weighted by Crippen LogP contribution is 2.27. The molecule has 144 valence electrons. The Bertz CT molecular complexity index is 940. The van der Waals surface area contributed by atoms with Gasteiger partial charge in [0, 0.05) is 24.7 Å². The van der Waals surface area contributed by atoms with Gasteiger partial charge in [-0.05, 0) is 43.2 Å². The molecular weight excluding hydrogens is 388 g/mol. The summed E-state index contributed by atoms with van der Waals surface area (Å²) in [5.74, 6) is 0.144. The number of ether oxygens (including phenoxy) is 1. The van der Waals surface area contributed by atoms with Gasteiger partial charge in [0.05, 0.1) is 22.7 Å². The monoisotopic (exact) mass is 408 g/mol. The first-order valence-corrected chi connectivity index (χ1v) is 10.5. The van der Waals surface area contributed by atoms with Gasteiger partial charge in [0.2, 0.25) is 10.0 Å². The zero-order valence-corrected chi connectivity index (χ0v) is 16.5. The van der Waals surface area contributed by atoms with Crippen LogP contribution in [-0.4, -0.2) is 38.8 Å². The third-order valence-corrected chi connectivity index (χ3v) is 6.68. The van der Waals surface area contributed by atoms with Crippen molar-refractivity contribution in [1.29, 1.82) is 0 Å². The van der Waals surface area contributed by atoms with Crippen molar-refractivity contribution in [2.45, 2.75) is 24.2 Å². The lowest BCUT2D eigenvalue weighted by molar-refractivity contribution is 0.102. The van der Waals surface area contributed by atoms with Gasteiger partial charge >= 0.3 is 0 Å². The Balaban J connectivity index is 1.81. The van der Waals surface area contributed by atoms with Gasteiger partial charge in [0.15, 0.2) is 0 Å². The molecule has 2 aromatic rings. The van der Waals surface area contributed by atoms with Crippen molar-refractivity contribution in [2.75, 3.05) is 25.5 Å². The maximum Gasteiger partial charge on any atom is 0.255 e. The second-order valence-corrected chi connectivity index (χ2v) is 8.64. The van der Waals surface area contributed by atoms with E-state index in [1.54, 1.807) is 30.3 Å². The molecule has 0 bridgehead atoms. The molecule has 3 rings (SSSR count). The molecule has 0 aliphatic carbocycles. The lowest BCUT2D eigenvalue weighted by Gasteiger charge is -2.26. The number of rotatable bonds is 5. The van der Waals surface area contributed by atoms with Crippen LogP contribution in [-0.2, 0) is 10.0 Å². The Morgan fingerprint density at radius 2 is 1.85 bits per heavy atom. The summed E-state index contributed by atoms with van der Waals surface area (Å²) in [7, 11) is -2.07. The number of halogens is 1. The molecule has 0 atom stereocenters. The minimum Gasteiger partial charge on any atom is -0.497 e. The minimum atomic E-state index is -3.60. The van der Waals surface area contributed by atoms with Crippen molar-refractivity contribution in [1.82, 2.24) is 4.31 Å². The van der Waals surface area contributed by atoms with Crippen LogP contribution in [0.2, 0.25) is 5.02 Å². The number of carbonyl (C=O) groups excluding carboxylic acids is 1. The number of carbonyl (C=O) groups is 1. The van der Waals surface area contributed by atoms with E-state index >= 15 is 0 Å². The fraction of sp³-hybridized carbons (Fsp3) is 0.316. The van der Waals surface area contributed by atoms with Crippen molar-refractivity contribution in [3.63, 3.8) is 0 Å². The molecular formula is C19H21ClN2O4S. The van der Waals surface area contributed by atoms with Gasteiger partial charge in [-0.1, -0.05) is 24.1 Å². The fourth-order valence-corrected chi connectivity index (χ4v) is 4.75. The quantitative estimate of drug-likeness (QED) is 0.816. The van der Waals surface area contributed by atoms with Crippen molar-refractivity contribution in [2.24, 2.45) is 0 Å². The topological polar surface area (TPSA) is 75.7 Å². The Kier molecular flexibility index (Phi) is 6.04. The number of hydrogen-bond acceptors (Lipinski definition) is 4. The van der Waals surface area contributed by atoms with Gasteiger partial charge < -0.3 is 10.1 Å². The van der Waals surface area contributed by atoms with Crippen LogP contribution in [0.5, 0.6) is 5.75 Å². The molecule has 8 heteroatoms. The van der Waals surface area contributed by atoms with Crippen LogP contribution in [0.3, 0.4) is 0 Å². The summed E-state index contributed by atoms with van der Waals surface area (Å²) in [6.45, 7) is 1.03. The number of amides is 1. The normalized spacial score (nSPS) is 15.3. The molecule has 27 heavy (non-hydrogen) atoms. The summed E-state index contributed by atoms with van der Waals surface area (Å²) in [6, 6.07) is 11.0. The van der Waals surface area contributed by atoms with Gasteiger partial charge in [0.25, 0.3) is 5.91 Å². The van der Waals surface area contributed by atoms with Crippen molar-refractivity contribution < 1.29 is 17.9 Å². The summed E-state index contributed by atoms with van der Waals surface area (Å²) in [6.07, 6.45) is 2.75. The number of hydrogen-bond donors (Lipinski definition) is 1. The van der Waals surface area contributed by atoms with Crippen LogP contribution in [0.4, 0.5) is 5.69 Å². The van der Waals surface area contributed by atoms with E-state index < -0.39 is 15.9 Å². The molecule has 0 spiro atoms. The van der Waals surface area contributed by atoms with Crippen LogP contribution < -0.4 is 10.1 Å². The third-order valence-electron chi connectivity index (χ3n) is 4.47. The molecule has 6 nitrogen and oxygen atoms in total. The van der Waals surface area contributed by atoms with Crippen molar-refractivity contribution in [3.8, 4) is 5.75 Å². The van der Waals surface area contributed by atoms with Crippen LogP contribution in [0.25, 0.3) is 0 Å². The molecule has 0 aromatic heterocycles. The largest absolute Gasteiger partial charge is 0.497 e. The molecule has 0 radical (unpaired) electrons. The summed E-state index contributed by atoms with van der Waals surface area (Å²) >= 11 is 6.15. The van der Waals surface area contributed by atoms with Crippen LogP contribution in [0.15, 0.2) is 47.4 Å². The van der Waals surface area contributed by atoms with Gasteiger partial charge in [-0.3, -0.25) is 4.79 Å². The zero-order valence-electron chi connectivity index (χ0n) is 14.9. The van der Waals surface area contributed by atoms with Gasteiger partial charge in [-0.15, -0.1) is 0 Å². The van der Waals surface area contributed by atoms with Gasteiger partial charge in [-0.25, -0.2) is 8.42 Å². The lowest BCUT2D eigenvalue weighted by atomic mass is 10.2. The molecule has 1 amide bonds. The maximum absolute atomic E-state index is 12.8. The average molecular weight is 409 g/mol. The summed E-state index contributed by atoms with van der Waals surface area (Å²) < 4.78 is 32.2. The fourth-order valence-electron chi connectivity index (χ4n) is 2.97. The van der Waals surface area contributed by atoms with E-state index in [1.165, 1.54) is 23.5 Å². The van der Waals surface area contributed by atoms with Gasteiger partial charge in [-0.2, -0.15) is 4.31 Å². The second-order valence-electron chi connectivity index (χ2n) is 6.29. The summed E-state index contributed by atoms with van der Waals surface area (Å²) in [5, 5.41) is 3.03. The molecule has 1 heterocycles. The first kappa shape index (κ1) is 19.7. The smallest absolute Gasteiger partial charge is 0.255 e. The maximum atomic E-state index is 12.8. The summed E-state index contributed by atoms with van der Waals surface area (Å²) in [4.78, 5) is 12.7. The second kappa shape index (κ2) is 8.29. The molecule has 0 unspecified atom stereocenters. The Hall–Kier alpha value is -2.09. The molecule has 1 fully saturated rings. The standard InChI is InChI=1S/C19H21ClN2O4S/c1-26-15-8-9-18(17(20)13-15)21-19(23)14-6-5-7-16(12-14)27(24,25)22-10-3-2-4-11-22/h5-9,12-13H,2-4,10-11H2,1H3,(H,21,23). The highest BCUT2D eigenvalue weighted by molar-refractivity contribution is 7.89. The number of anilines is 1. The minimum absolute atomic E-state index is 0.123. The third kappa shape index (κ3) is 4.43. The SMILES string of the molecule is COc1ccc(NC(=O)c2cccc(S(=O)(=O)N3CCCCC3)c2)c(Cl)c1. The van der Waals surface area contributed by atoms with E-state index in [0.717, 1.165) is 19.3 Å². The van der Waals surface area contributed by atoms with Crippen molar-refractivity contribution >= 4 is 33.2 Å². The van der Waals surface area contributed by atoms with E-state index in [-0.39, 0.29) is 10.5 Å². The van der Waals surface area contributed by atoms with Gasteiger partial charge in [0.1, 0.15) is 5.75 Å². The highest BCUT2D eigenvalue weighted by atomic mass is 35.5. The molecule has 1 aliphatic rings. The number of benzene rings is 2. The highest BCUT2D eigenvalue weighted by Gasteiger charge is 2.26. The number of sulfonamides is 1. The van der Waals surface area contributed by atoms with Crippen molar-refractivity contribution in [3.05, 3.63) is 53.1 Å². The number of piperidine rings is 1. The molecule has 1 saturated heterocycles. The predicted octanol–water partition coefficient (Wildman–Crippen LogP) is 3.78.